The molecule has 0 unspecified atom stereocenters. The molecule has 0 aliphatic heterocycles. The Morgan fingerprint density at radius 3 is 2.48 bits per heavy atom. The van der Waals surface area contributed by atoms with Crippen LogP contribution in [0.15, 0.2) is 11.6 Å². The van der Waals surface area contributed by atoms with Gasteiger partial charge in [-0.3, -0.25) is 4.79 Å². The number of hydrogen-bond donors (Lipinski definition) is 0. The molecule has 0 aromatic rings. The molecule has 0 bridgehead atoms. The Labute approximate surface area is 154 Å². The molecular formula is C22H36O2Si. The minimum absolute atomic E-state index is 0.301. The molecule has 140 valence electrons. The summed E-state index contributed by atoms with van der Waals surface area (Å²) in [7, 11) is -1.49. The summed E-state index contributed by atoms with van der Waals surface area (Å²) in [4.78, 5) is 11.9. The Hall–Kier alpha value is -0.413. The second-order valence-electron chi connectivity index (χ2n) is 10.8. The van der Waals surface area contributed by atoms with Gasteiger partial charge in [-0.25, -0.2) is 0 Å². The van der Waals surface area contributed by atoms with E-state index in [2.05, 4.69) is 33.5 Å². The normalized spacial score (nSPS) is 46.9. The fraction of sp³-hybridized carbons (Fsp3) is 0.864. The summed E-state index contributed by atoms with van der Waals surface area (Å²) in [6, 6.07) is 0. The van der Waals surface area contributed by atoms with Crippen LogP contribution in [0.5, 0.6) is 0 Å². The lowest BCUT2D eigenvalue weighted by Crippen LogP contribution is -2.52. The van der Waals surface area contributed by atoms with Crippen molar-refractivity contribution in [2.75, 3.05) is 0 Å². The van der Waals surface area contributed by atoms with E-state index in [1.165, 1.54) is 37.7 Å². The highest BCUT2D eigenvalue weighted by molar-refractivity contribution is 6.69. The molecule has 25 heavy (non-hydrogen) atoms. The van der Waals surface area contributed by atoms with Gasteiger partial charge in [-0.05, 0) is 99.2 Å². The van der Waals surface area contributed by atoms with E-state index in [0.717, 1.165) is 37.0 Å². The zero-order valence-electron chi connectivity index (χ0n) is 16.9. The number of fused-ring (bicyclic) bond motifs is 5. The first kappa shape index (κ1) is 18.0. The molecule has 4 aliphatic rings. The van der Waals surface area contributed by atoms with Crippen molar-refractivity contribution in [3.63, 3.8) is 0 Å². The van der Waals surface area contributed by atoms with E-state index in [1.54, 1.807) is 0 Å². The first-order valence-corrected chi connectivity index (χ1v) is 14.0. The second kappa shape index (κ2) is 5.79. The summed E-state index contributed by atoms with van der Waals surface area (Å²) in [6.07, 6.45) is 12.1. The molecule has 0 heterocycles. The lowest BCUT2D eigenvalue weighted by molar-refractivity contribution is -0.117. The van der Waals surface area contributed by atoms with Gasteiger partial charge in [0.25, 0.3) is 0 Å². The number of hydrogen-bond acceptors (Lipinski definition) is 2. The van der Waals surface area contributed by atoms with E-state index in [9.17, 15) is 4.79 Å². The molecular weight excluding hydrogens is 324 g/mol. The van der Waals surface area contributed by atoms with Gasteiger partial charge in [0.1, 0.15) is 0 Å². The van der Waals surface area contributed by atoms with E-state index < -0.39 is 8.32 Å². The molecule has 0 aromatic carbocycles. The number of carbonyl (C=O) groups is 1. The molecule has 0 N–H and O–H groups in total. The molecule has 0 amide bonds. The van der Waals surface area contributed by atoms with Crippen LogP contribution in [0.3, 0.4) is 0 Å². The van der Waals surface area contributed by atoms with Gasteiger partial charge in [0.15, 0.2) is 14.1 Å². The fourth-order valence-electron chi connectivity index (χ4n) is 7.13. The van der Waals surface area contributed by atoms with Crippen LogP contribution in [-0.4, -0.2) is 20.2 Å². The standard InChI is InChI=1S/C22H36O2Si/c1-21-12-10-16(23)14-15(21)6-7-17-18-8-9-20(24-25(3,4)5)22(18,2)13-11-19(17)21/h14,17-20H,6-13H2,1-5H3/t17-,18-,19-,20-,21-,22-/m0/s1. The quantitative estimate of drug-likeness (QED) is 0.587. The molecule has 4 aliphatic carbocycles. The largest absolute Gasteiger partial charge is 0.414 e. The first-order chi connectivity index (χ1) is 11.6. The van der Waals surface area contributed by atoms with E-state index >= 15 is 0 Å². The topological polar surface area (TPSA) is 26.3 Å². The van der Waals surface area contributed by atoms with Gasteiger partial charge in [0.2, 0.25) is 0 Å². The zero-order valence-corrected chi connectivity index (χ0v) is 17.9. The molecule has 6 atom stereocenters. The highest BCUT2D eigenvalue weighted by Crippen LogP contribution is 2.65. The molecule has 0 saturated heterocycles. The van der Waals surface area contributed by atoms with Gasteiger partial charge in [-0.15, -0.1) is 0 Å². The highest BCUT2D eigenvalue weighted by Gasteiger charge is 2.59. The van der Waals surface area contributed by atoms with Crippen molar-refractivity contribution in [1.29, 1.82) is 0 Å². The zero-order chi connectivity index (χ0) is 18.0. The minimum atomic E-state index is -1.49. The first-order valence-electron chi connectivity index (χ1n) is 10.6. The Bertz CT molecular complexity index is 604. The molecule has 0 aromatic heterocycles. The number of rotatable bonds is 2. The lowest BCUT2D eigenvalue weighted by atomic mass is 9.47. The fourth-order valence-corrected chi connectivity index (χ4v) is 8.37. The summed E-state index contributed by atoms with van der Waals surface area (Å²) >= 11 is 0. The predicted octanol–water partition coefficient (Wildman–Crippen LogP) is 5.74. The van der Waals surface area contributed by atoms with Crippen LogP contribution in [0.2, 0.25) is 19.6 Å². The third-order valence-electron chi connectivity index (χ3n) is 8.37. The van der Waals surface area contributed by atoms with Crippen LogP contribution >= 0.6 is 0 Å². The maximum Gasteiger partial charge on any atom is 0.184 e. The molecule has 2 nitrogen and oxygen atoms in total. The molecule has 3 fully saturated rings. The van der Waals surface area contributed by atoms with Crippen molar-refractivity contribution in [2.24, 2.45) is 28.6 Å². The average Bonchev–Trinajstić information content (AvgIpc) is 2.83. The molecule has 3 saturated carbocycles. The van der Waals surface area contributed by atoms with Crippen molar-refractivity contribution in [3.05, 3.63) is 11.6 Å². The monoisotopic (exact) mass is 360 g/mol. The van der Waals surface area contributed by atoms with Gasteiger partial charge in [-0.1, -0.05) is 19.4 Å². The van der Waals surface area contributed by atoms with Crippen molar-refractivity contribution >= 4 is 14.1 Å². The average molecular weight is 361 g/mol. The smallest absolute Gasteiger partial charge is 0.184 e. The third-order valence-corrected chi connectivity index (χ3v) is 9.36. The van der Waals surface area contributed by atoms with Crippen LogP contribution in [0.25, 0.3) is 0 Å². The summed E-state index contributed by atoms with van der Waals surface area (Å²) < 4.78 is 6.68. The maximum absolute atomic E-state index is 11.9. The van der Waals surface area contributed by atoms with Gasteiger partial charge < -0.3 is 4.43 Å². The van der Waals surface area contributed by atoms with E-state index in [4.69, 9.17) is 4.43 Å². The molecule has 0 spiro atoms. The number of allylic oxidation sites excluding steroid dienone is 1. The number of ketones is 1. The molecule has 3 heteroatoms. The van der Waals surface area contributed by atoms with E-state index in [-0.39, 0.29) is 0 Å². The van der Waals surface area contributed by atoms with E-state index in [1.807, 2.05) is 6.08 Å². The van der Waals surface area contributed by atoms with Crippen molar-refractivity contribution in [2.45, 2.75) is 91.0 Å². The van der Waals surface area contributed by atoms with Crippen molar-refractivity contribution < 1.29 is 9.22 Å². The van der Waals surface area contributed by atoms with Crippen molar-refractivity contribution in [1.82, 2.24) is 0 Å². The Morgan fingerprint density at radius 2 is 1.76 bits per heavy atom. The van der Waals surface area contributed by atoms with Gasteiger partial charge in [0, 0.05) is 6.42 Å². The van der Waals surface area contributed by atoms with Crippen LogP contribution in [-0.2, 0) is 9.22 Å². The second-order valence-corrected chi connectivity index (χ2v) is 15.3. The van der Waals surface area contributed by atoms with Gasteiger partial charge >= 0.3 is 0 Å². The summed E-state index contributed by atoms with van der Waals surface area (Å²) in [5, 5.41) is 0. The van der Waals surface area contributed by atoms with Gasteiger partial charge in [0.05, 0.1) is 6.10 Å². The SMILES string of the molecule is C[C@]12CC[C@H]3[C@@H](CCC4=CC(=O)CC[C@@]43C)[C@@H]1CC[C@@H]2O[Si](C)(C)C. The maximum atomic E-state index is 11.9. The van der Waals surface area contributed by atoms with E-state index in [0.29, 0.717) is 22.7 Å². The Balaban J connectivity index is 1.60. The highest BCUT2D eigenvalue weighted by atomic mass is 28.4. The number of carbonyl (C=O) groups excluding carboxylic acids is 1. The Kier molecular flexibility index (Phi) is 4.16. The predicted molar refractivity (Wildman–Crippen MR) is 105 cm³/mol. The van der Waals surface area contributed by atoms with Crippen LogP contribution < -0.4 is 0 Å². The summed E-state index contributed by atoms with van der Waals surface area (Å²) in [5.41, 5.74) is 2.18. The summed E-state index contributed by atoms with van der Waals surface area (Å²) in [6.45, 7) is 12.0. The lowest BCUT2D eigenvalue weighted by Gasteiger charge is -2.58. The minimum Gasteiger partial charge on any atom is -0.414 e. The third kappa shape index (κ3) is 2.81. The van der Waals surface area contributed by atoms with Crippen LogP contribution in [0, 0.1) is 28.6 Å². The molecule has 0 radical (unpaired) electrons. The summed E-state index contributed by atoms with van der Waals surface area (Å²) in [5.74, 6) is 2.85. The van der Waals surface area contributed by atoms with Gasteiger partial charge in [-0.2, -0.15) is 0 Å². The van der Waals surface area contributed by atoms with Crippen LogP contribution in [0.4, 0.5) is 0 Å². The van der Waals surface area contributed by atoms with Crippen LogP contribution in [0.1, 0.15) is 65.2 Å². The van der Waals surface area contributed by atoms with Crippen molar-refractivity contribution in [3.8, 4) is 0 Å². The molecule has 4 rings (SSSR count). The Morgan fingerprint density at radius 1 is 1.00 bits per heavy atom.